The summed E-state index contributed by atoms with van der Waals surface area (Å²) in [6.07, 6.45) is 5.68. The molecule has 0 aliphatic carbocycles. The van der Waals surface area contributed by atoms with Crippen LogP contribution in [-0.2, 0) is 11.3 Å². The minimum atomic E-state index is -0.504. The molecule has 1 N–H and O–H groups in total. The van der Waals surface area contributed by atoms with E-state index in [9.17, 15) is 5.11 Å². The van der Waals surface area contributed by atoms with E-state index in [-0.39, 0.29) is 13.2 Å². The molecule has 1 rings (SSSR count). The van der Waals surface area contributed by atoms with E-state index in [0.29, 0.717) is 6.54 Å². The topological polar surface area (TPSA) is 32.7 Å². The summed E-state index contributed by atoms with van der Waals surface area (Å²) in [5, 5.41) is 10.0. The molecule has 1 aromatic carbocycles. The average Bonchev–Trinajstić information content (AvgIpc) is 2.42. The maximum absolute atomic E-state index is 10.0. The average molecular weight is 289 g/mol. The van der Waals surface area contributed by atoms with Crippen LogP contribution in [0.15, 0.2) is 18.2 Å². The summed E-state index contributed by atoms with van der Waals surface area (Å²) in [6, 6.07) is 6.51. The van der Waals surface area contributed by atoms with Crippen molar-refractivity contribution in [2.45, 2.75) is 39.8 Å². The van der Waals surface area contributed by atoms with Gasteiger partial charge in [0.15, 0.2) is 0 Å². The highest BCUT2D eigenvalue weighted by Crippen LogP contribution is 2.13. The first kappa shape index (κ1) is 17.7. The minimum Gasteiger partial charge on any atom is -0.389 e. The largest absolute Gasteiger partial charge is 0.389 e. The first-order chi connectivity index (χ1) is 10.1. The number of nitrogens with zero attached hydrogens (tertiary/aromatic N) is 1. The van der Waals surface area contributed by atoms with Gasteiger partial charge in [0, 0.05) is 13.1 Å². The van der Waals surface area contributed by atoms with Crippen molar-refractivity contribution in [2.75, 3.05) is 26.3 Å². The number of hydrogen-bond acceptors (Lipinski definition) is 3. The Balaban J connectivity index is 2.58. The predicted octanol–water partition coefficient (Wildman–Crippen LogP) is 2.53. The van der Waals surface area contributed by atoms with Crippen LogP contribution in [0.4, 0.5) is 0 Å². The van der Waals surface area contributed by atoms with Gasteiger partial charge in [-0.3, -0.25) is 4.90 Å². The quantitative estimate of drug-likeness (QED) is 0.560. The van der Waals surface area contributed by atoms with E-state index in [1.165, 1.54) is 16.7 Å². The van der Waals surface area contributed by atoms with Crippen LogP contribution in [0.3, 0.4) is 0 Å². The lowest BCUT2D eigenvalue weighted by Gasteiger charge is -2.25. The summed E-state index contributed by atoms with van der Waals surface area (Å²) >= 11 is 0. The highest BCUT2D eigenvalue weighted by molar-refractivity contribution is 5.30. The lowest BCUT2D eigenvalue weighted by molar-refractivity contribution is 0.0261. The zero-order valence-corrected chi connectivity index (χ0v) is 13.4. The van der Waals surface area contributed by atoms with Crippen LogP contribution in [0, 0.1) is 26.2 Å². The molecule has 0 saturated carbocycles. The van der Waals surface area contributed by atoms with Crippen molar-refractivity contribution in [3.63, 3.8) is 0 Å². The van der Waals surface area contributed by atoms with Gasteiger partial charge < -0.3 is 9.84 Å². The zero-order valence-electron chi connectivity index (χ0n) is 13.4. The third kappa shape index (κ3) is 6.77. The fourth-order valence-corrected chi connectivity index (χ4v) is 2.42. The van der Waals surface area contributed by atoms with Gasteiger partial charge in [-0.25, -0.2) is 0 Å². The third-order valence-electron chi connectivity index (χ3n) is 3.40. The number of rotatable bonds is 9. The van der Waals surface area contributed by atoms with Gasteiger partial charge in [-0.05, 0) is 37.9 Å². The van der Waals surface area contributed by atoms with Gasteiger partial charge in [0.25, 0.3) is 0 Å². The summed E-state index contributed by atoms with van der Waals surface area (Å²) in [7, 11) is 0. The summed E-state index contributed by atoms with van der Waals surface area (Å²) < 4.78 is 5.20. The SMILES string of the molecule is C#CCOC[C@H](O)CN(CCC)Cc1ccc(C)cc1C. The second-order valence-corrected chi connectivity index (χ2v) is 5.54. The highest BCUT2D eigenvalue weighted by atomic mass is 16.5. The van der Waals surface area contributed by atoms with Crippen molar-refractivity contribution in [1.29, 1.82) is 0 Å². The number of aryl methyl sites for hydroxylation is 2. The molecule has 0 aromatic heterocycles. The Morgan fingerprint density at radius 3 is 2.76 bits per heavy atom. The summed E-state index contributed by atoms with van der Waals surface area (Å²) in [5.41, 5.74) is 3.89. The Morgan fingerprint density at radius 1 is 1.38 bits per heavy atom. The molecule has 0 amide bonds. The maximum Gasteiger partial charge on any atom is 0.107 e. The van der Waals surface area contributed by atoms with Gasteiger partial charge in [0.05, 0.1) is 12.7 Å². The molecule has 0 aliphatic rings. The van der Waals surface area contributed by atoms with Gasteiger partial charge in [0.2, 0.25) is 0 Å². The van der Waals surface area contributed by atoms with Crippen molar-refractivity contribution >= 4 is 0 Å². The number of aliphatic hydroxyl groups is 1. The van der Waals surface area contributed by atoms with Crippen LogP contribution >= 0.6 is 0 Å². The first-order valence-corrected chi connectivity index (χ1v) is 7.54. The van der Waals surface area contributed by atoms with Crippen molar-refractivity contribution in [1.82, 2.24) is 4.90 Å². The minimum absolute atomic E-state index is 0.252. The molecule has 0 fully saturated rings. The fourth-order valence-electron chi connectivity index (χ4n) is 2.42. The highest BCUT2D eigenvalue weighted by Gasteiger charge is 2.13. The Labute approximate surface area is 128 Å². The van der Waals surface area contributed by atoms with E-state index < -0.39 is 6.10 Å². The second kappa shape index (κ2) is 9.57. The molecule has 3 nitrogen and oxygen atoms in total. The van der Waals surface area contributed by atoms with E-state index in [4.69, 9.17) is 11.2 Å². The van der Waals surface area contributed by atoms with Crippen molar-refractivity contribution in [3.05, 3.63) is 34.9 Å². The number of aliphatic hydroxyl groups excluding tert-OH is 1. The molecular weight excluding hydrogens is 262 g/mol. The molecule has 0 bridgehead atoms. The van der Waals surface area contributed by atoms with Gasteiger partial charge >= 0.3 is 0 Å². The number of terminal acetylenes is 1. The van der Waals surface area contributed by atoms with E-state index in [0.717, 1.165) is 19.5 Å². The van der Waals surface area contributed by atoms with Crippen LogP contribution in [0.1, 0.15) is 30.0 Å². The molecule has 1 aromatic rings. The Morgan fingerprint density at radius 2 is 2.14 bits per heavy atom. The molecule has 0 heterocycles. The Hall–Kier alpha value is -1.34. The Bertz CT molecular complexity index is 465. The molecule has 0 saturated heterocycles. The number of hydrogen-bond donors (Lipinski definition) is 1. The van der Waals surface area contributed by atoms with Crippen molar-refractivity contribution in [3.8, 4) is 12.3 Å². The van der Waals surface area contributed by atoms with Crippen LogP contribution in [-0.4, -0.2) is 42.4 Å². The van der Waals surface area contributed by atoms with Crippen molar-refractivity contribution < 1.29 is 9.84 Å². The van der Waals surface area contributed by atoms with Gasteiger partial charge in [-0.15, -0.1) is 6.42 Å². The van der Waals surface area contributed by atoms with Gasteiger partial charge in [-0.1, -0.05) is 36.6 Å². The van der Waals surface area contributed by atoms with Crippen molar-refractivity contribution in [2.24, 2.45) is 0 Å². The monoisotopic (exact) mass is 289 g/mol. The summed E-state index contributed by atoms with van der Waals surface area (Å²) in [4.78, 5) is 2.27. The molecule has 0 aliphatic heterocycles. The Kier molecular flexibility index (Phi) is 8.07. The smallest absolute Gasteiger partial charge is 0.107 e. The first-order valence-electron chi connectivity index (χ1n) is 7.54. The fraction of sp³-hybridized carbons (Fsp3) is 0.556. The molecular formula is C18H27NO2. The lowest BCUT2D eigenvalue weighted by Crippen LogP contribution is -2.35. The van der Waals surface area contributed by atoms with Gasteiger partial charge in [-0.2, -0.15) is 0 Å². The maximum atomic E-state index is 10.0. The molecule has 116 valence electrons. The van der Waals surface area contributed by atoms with E-state index >= 15 is 0 Å². The molecule has 1 atom stereocenters. The third-order valence-corrected chi connectivity index (χ3v) is 3.40. The predicted molar refractivity (Wildman–Crippen MR) is 87.1 cm³/mol. The zero-order chi connectivity index (χ0) is 15.7. The van der Waals surface area contributed by atoms with E-state index in [1.807, 2.05) is 0 Å². The van der Waals surface area contributed by atoms with Crippen LogP contribution < -0.4 is 0 Å². The molecule has 3 heteroatoms. The molecule has 0 unspecified atom stereocenters. The van der Waals surface area contributed by atoms with Crippen LogP contribution in [0.5, 0.6) is 0 Å². The normalized spacial score (nSPS) is 12.4. The van der Waals surface area contributed by atoms with Crippen LogP contribution in [0.25, 0.3) is 0 Å². The van der Waals surface area contributed by atoms with E-state index in [2.05, 4.69) is 49.8 Å². The molecule has 21 heavy (non-hydrogen) atoms. The van der Waals surface area contributed by atoms with Gasteiger partial charge in [0.1, 0.15) is 6.61 Å². The molecule has 0 radical (unpaired) electrons. The molecule has 0 spiro atoms. The lowest BCUT2D eigenvalue weighted by atomic mass is 10.1. The number of benzene rings is 1. The number of ether oxygens (including phenoxy) is 1. The summed E-state index contributed by atoms with van der Waals surface area (Å²) in [5.74, 6) is 2.41. The standard InChI is InChI=1S/C18H27NO2/c1-5-9-19(13-18(20)14-21-10-6-2)12-17-8-7-15(3)11-16(17)4/h2,7-8,11,18,20H,5,9-10,12-14H2,1,3-4H3/t18-/m1/s1. The van der Waals surface area contributed by atoms with E-state index in [1.54, 1.807) is 0 Å². The summed E-state index contributed by atoms with van der Waals surface area (Å²) in [6.45, 7) is 9.35. The van der Waals surface area contributed by atoms with Crippen LogP contribution in [0.2, 0.25) is 0 Å². The second-order valence-electron chi connectivity index (χ2n) is 5.54.